The van der Waals surface area contributed by atoms with Crippen molar-refractivity contribution in [3.05, 3.63) is 47.8 Å². The van der Waals surface area contributed by atoms with Crippen LogP contribution in [0.5, 0.6) is 0 Å². The largest absolute Gasteiger partial charge is 0.325 e. The summed E-state index contributed by atoms with van der Waals surface area (Å²) in [6.45, 7) is 2.99. The molecule has 2 heterocycles. The topological polar surface area (TPSA) is 102 Å². The van der Waals surface area contributed by atoms with Gasteiger partial charge in [0.2, 0.25) is 5.91 Å². The molecule has 0 aliphatic heterocycles. The molecule has 2 aromatic heterocycles. The molecule has 0 radical (unpaired) electrons. The summed E-state index contributed by atoms with van der Waals surface area (Å²) in [6.07, 6.45) is 0. The van der Waals surface area contributed by atoms with Crippen molar-refractivity contribution in [3.63, 3.8) is 0 Å². The van der Waals surface area contributed by atoms with E-state index in [1.54, 1.807) is 0 Å². The first-order valence-electron chi connectivity index (χ1n) is 9.81. The summed E-state index contributed by atoms with van der Waals surface area (Å²) >= 11 is 1.47. The molecule has 0 unspecified atom stereocenters. The van der Waals surface area contributed by atoms with E-state index in [1.807, 2.05) is 76.4 Å². The number of amides is 1. The second-order valence-electron chi connectivity index (χ2n) is 7.74. The molecular formula is C21H28N8OS. The Bertz CT molecular complexity index is 1020. The van der Waals surface area contributed by atoms with E-state index < -0.39 is 0 Å². The van der Waals surface area contributed by atoms with E-state index in [-0.39, 0.29) is 5.91 Å². The maximum atomic E-state index is 11.9. The molecule has 0 saturated heterocycles. The van der Waals surface area contributed by atoms with Gasteiger partial charge in [0.25, 0.3) is 0 Å². The van der Waals surface area contributed by atoms with Gasteiger partial charge in [0, 0.05) is 35.0 Å². The standard InChI is InChI=1S/C21H28N8OS/c1-14-10-19(27-26-14)24-18-11-16(12-28(2)3)23-21(25-18)31-17-8-6-15(7-9-17)22-20(30)13-29(4)5/h6-11H,12-13H2,1-5H3,(H,22,30)(H2,23,24,25,26,27). The Morgan fingerprint density at radius 1 is 1.03 bits per heavy atom. The van der Waals surface area contributed by atoms with Crippen molar-refractivity contribution in [3.8, 4) is 0 Å². The Balaban J connectivity index is 1.74. The van der Waals surface area contributed by atoms with Crippen LogP contribution in [-0.2, 0) is 11.3 Å². The molecule has 0 bridgehead atoms. The summed E-state index contributed by atoms with van der Waals surface area (Å²) in [5.41, 5.74) is 2.64. The lowest BCUT2D eigenvalue weighted by Gasteiger charge is -2.12. The first-order valence-corrected chi connectivity index (χ1v) is 10.6. The minimum absolute atomic E-state index is 0.0468. The fraction of sp³-hybridized carbons (Fsp3) is 0.333. The Hall–Kier alpha value is -2.95. The summed E-state index contributed by atoms with van der Waals surface area (Å²) in [4.78, 5) is 26.1. The van der Waals surface area contributed by atoms with E-state index in [4.69, 9.17) is 0 Å². The zero-order valence-corrected chi connectivity index (χ0v) is 19.2. The predicted molar refractivity (Wildman–Crippen MR) is 124 cm³/mol. The fourth-order valence-corrected chi connectivity index (χ4v) is 3.59. The van der Waals surface area contributed by atoms with Gasteiger partial charge in [-0.1, -0.05) is 0 Å². The van der Waals surface area contributed by atoms with E-state index in [0.717, 1.165) is 22.0 Å². The van der Waals surface area contributed by atoms with Gasteiger partial charge in [-0.3, -0.25) is 9.89 Å². The number of aryl methyl sites for hydroxylation is 1. The van der Waals surface area contributed by atoms with Gasteiger partial charge in [-0.25, -0.2) is 9.97 Å². The first-order chi connectivity index (χ1) is 14.8. The second-order valence-corrected chi connectivity index (χ2v) is 8.78. The van der Waals surface area contributed by atoms with Gasteiger partial charge in [0.05, 0.1) is 12.2 Å². The highest BCUT2D eigenvalue weighted by Gasteiger charge is 2.10. The average molecular weight is 441 g/mol. The number of carbonyl (C=O) groups is 1. The van der Waals surface area contributed by atoms with Crippen LogP contribution in [0.3, 0.4) is 0 Å². The lowest BCUT2D eigenvalue weighted by Crippen LogP contribution is -2.26. The summed E-state index contributed by atoms with van der Waals surface area (Å²) in [5, 5.41) is 13.9. The minimum Gasteiger partial charge on any atom is -0.325 e. The van der Waals surface area contributed by atoms with Crippen molar-refractivity contribution in [1.29, 1.82) is 0 Å². The molecule has 31 heavy (non-hydrogen) atoms. The third-order valence-corrected chi connectivity index (χ3v) is 4.88. The highest BCUT2D eigenvalue weighted by molar-refractivity contribution is 7.99. The molecule has 9 nitrogen and oxygen atoms in total. The van der Waals surface area contributed by atoms with Crippen molar-refractivity contribution in [1.82, 2.24) is 30.0 Å². The lowest BCUT2D eigenvalue weighted by atomic mass is 10.3. The molecule has 1 amide bonds. The molecule has 0 saturated carbocycles. The van der Waals surface area contributed by atoms with Crippen LogP contribution in [-0.4, -0.2) is 70.6 Å². The van der Waals surface area contributed by atoms with Crippen LogP contribution >= 0.6 is 11.8 Å². The van der Waals surface area contributed by atoms with E-state index >= 15 is 0 Å². The normalized spacial score (nSPS) is 11.2. The second kappa shape index (κ2) is 10.4. The molecule has 0 atom stereocenters. The van der Waals surface area contributed by atoms with Crippen LogP contribution in [0.25, 0.3) is 0 Å². The molecule has 10 heteroatoms. The van der Waals surface area contributed by atoms with Crippen LogP contribution in [0.15, 0.2) is 46.5 Å². The number of aromatic amines is 1. The van der Waals surface area contributed by atoms with Crippen LogP contribution < -0.4 is 10.6 Å². The molecule has 1 aromatic carbocycles. The number of H-pyrrole nitrogens is 1. The maximum absolute atomic E-state index is 11.9. The van der Waals surface area contributed by atoms with Crippen molar-refractivity contribution < 1.29 is 4.79 Å². The zero-order chi connectivity index (χ0) is 22.4. The van der Waals surface area contributed by atoms with Crippen LogP contribution in [0.1, 0.15) is 11.4 Å². The van der Waals surface area contributed by atoms with Crippen LogP contribution in [0, 0.1) is 6.92 Å². The van der Waals surface area contributed by atoms with Crippen molar-refractivity contribution in [2.45, 2.75) is 23.5 Å². The molecule has 3 rings (SSSR count). The van der Waals surface area contributed by atoms with Gasteiger partial charge in [0.1, 0.15) is 5.82 Å². The van der Waals surface area contributed by atoms with Gasteiger partial charge < -0.3 is 20.4 Å². The van der Waals surface area contributed by atoms with Crippen LogP contribution in [0.4, 0.5) is 17.3 Å². The van der Waals surface area contributed by atoms with E-state index in [2.05, 4.69) is 35.7 Å². The Morgan fingerprint density at radius 2 is 1.77 bits per heavy atom. The molecule has 0 spiro atoms. The number of likely N-dealkylation sites (N-methyl/N-ethyl adjacent to an activating group) is 1. The molecule has 3 N–H and O–H groups in total. The highest BCUT2D eigenvalue weighted by Crippen LogP contribution is 2.28. The Labute approximate surface area is 186 Å². The van der Waals surface area contributed by atoms with E-state index in [9.17, 15) is 4.79 Å². The number of rotatable bonds is 9. The monoisotopic (exact) mass is 440 g/mol. The number of anilines is 3. The SMILES string of the molecule is Cc1cc(Nc2cc(CN(C)C)nc(Sc3ccc(NC(=O)CN(C)C)cc3)n2)n[nH]1. The molecule has 3 aromatic rings. The first kappa shape index (κ1) is 22.7. The van der Waals surface area contributed by atoms with E-state index in [1.165, 1.54) is 11.8 Å². The highest BCUT2D eigenvalue weighted by atomic mass is 32.2. The van der Waals surface area contributed by atoms with Gasteiger partial charge in [-0.15, -0.1) is 0 Å². The minimum atomic E-state index is -0.0468. The van der Waals surface area contributed by atoms with Crippen molar-refractivity contribution >= 4 is 35.0 Å². The van der Waals surface area contributed by atoms with Crippen molar-refractivity contribution in [2.75, 3.05) is 45.4 Å². The summed E-state index contributed by atoms with van der Waals surface area (Å²) in [6, 6.07) is 11.5. The van der Waals surface area contributed by atoms with Gasteiger partial charge in [-0.05, 0) is 71.1 Å². The van der Waals surface area contributed by atoms with Gasteiger partial charge in [0.15, 0.2) is 11.0 Å². The Morgan fingerprint density at radius 3 is 2.39 bits per heavy atom. The quantitative estimate of drug-likeness (QED) is 0.437. The zero-order valence-electron chi connectivity index (χ0n) is 18.4. The molecule has 164 valence electrons. The Kier molecular flexibility index (Phi) is 7.61. The maximum Gasteiger partial charge on any atom is 0.238 e. The third-order valence-electron chi connectivity index (χ3n) is 4.01. The fourth-order valence-electron chi connectivity index (χ4n) is 2.80. The molecular weight excluding hydrogens is 412 g/mol. The number of hydrogen-bond donors (Lipinski definition) is 3. The number of nitrogens with zero attached hydrogens (tertiary/aromatic N) is 5. The predicted octanol–water partition coefficient (Wildman–Crippen LogP) is 2.96. The third kappa shape index (κ3) is 7.35. The number of carbonyl (C=O) groups excluding carboxylic acids is 1. The average Bonchev–Trinajstić information content (AvgIpc) is 3.06. The lowest BCUT2D eigenvalue weighted by molar-refractivity contribution is -0.116. The summed E-state index contributed by atoms with van der Waals surface area (Å²) < 4.78 is 0. The molecule has 0 aliphatic carbocycles. The number of hydrogen-bond acceptors (Lipinski definition) is 8. The number of benzene rings is 1. The van der Waals surface area contributed by atoms with Gasteiger partial charge in [-0.2, -0.15) is 5.10 Å². The smallest absolute Gasteiger partial charge is 0.238 e. The summed E-state index contributed by atoms with van der Waals surface area (Å²) in [5.74, 6) is 1.35. The van der Waals surface area contributed by atoms with Crippen molar-refractivity contribution in [2.24, 2.45) is 0 Å². The van der Waals surface area contributed by atoms with Crippen LogP contribution in [0.2, 0.25) is 0 Å². The molecule has 0 aliphatic rings. The summed E-state index contributed by atoms with van der Waals surface area (Å²) in [7, 11) is 7.73. The number of aromatic nitrogens is 4. The van der Waals surface area contributed by atoms with E-state index in [0.29, 0.717) is 29.9 Å². The number of nitrogens with one attached hydrogen (secondary N) is 3. The van der Waals surface area contributed by atoms with Gasteiger partial charge >= 0.3 is 0 Å². The molecule has 0 fully saturated rings.